The smallest absolute Gasteiger partial charge is 0.337 e. The van der Waals surface area contributed by atoms with E-state index in [0.29, 0.717) is 29.9 Å². The predicted molar refractivity (Wildman–Crippen MR) is 132 cm³/mol. The van der Waals surface area contributed by atoms with Crippen molar-refractivity contribution in [3.63, 3.8) is 0 Å². The van der Waals surface area contributed by atoms with E-state index in [1.807, 2.05) is 61.5 Å². The molecular weight excluding hydrogens is 426 g/mol. The molecule has 0 amide bonds. The van der Waals surface area contributed by atoms with Gasteiger partial charge in [0.05, 0.1) is 18.1 Å². The van der Waals surface area contributed by atoms with Crippen molar-refractivity contribution in [3.05, 3.63) is 88.3 Å². The molecule has 34 heavy (non-hydrogen) atoms. The van der Waals surface area contributed by atoms with Crippen molar-refractivity contribution >= 4 is 11.8 Å². The van der Waals surface area contributed by atoms with Gasteiger partial charge in [0.2, 0.25) is 0 Å². The summed E-state index contributed by atoms with van der Waals surface area (Å²) in [6, 6.07) is 17.3. The number of hydrogen-bond acceptors (Lipinski definition) is 5. The highest BCUT2D eigenvalue weighted by Gasteiger charge is 2.44. The van der Waals surface area contributed by atoms with E-state index < -0.39 is 11.9 Å². The van der Waals surface area contributed by atoms with Crippen molar-refractivity contribution in [2.75, 3.05) is 6.61 Å². The lowest BCUT2D eigenvalue weighted by Crippen LogP contribution is -2.38. The maximum absolute atomic E-state index is 13.5. The van der Waals surface area contributed by atoms with Gasteiger partial charge in [0, 0.05) is 29.0 Å². The fraction of sp³-hybridized carbons (Fsp3) is 0.379. The molecule has 1 aliphatic heterocycles. The molecule has 0 spiro atoms. The second-order valence-corrected chi connectivity index (χ2v) is 9.88. The number of esters is 1. The number of ether oxygens (including phenoxy) is 2. The van der Waals surface area contributed by atoms with Crippen molar-refractivity contribution in [3.8, 4) is 5.75 Å². The average Bonchev–Trinajstić information content (AvgIpc) is 2.80. The van der Waals surface area contributed by atoms with Gasteiger partial charge < -0.3 is 14.8 Å². The van der Waals surface area contributed by atoms with E-state index in [2.05, 4.69) is 26.1 Å². The molecule has 2 aromatic carbocycles. The van der Waals surface area contributed by atoms with Crippen LogP contribution in [0.4, 0.5) is 0 Å². The molecule has 1 heterocycles. The van der Waals surface area contributed by atoms with Crippen LogP contribution in [0.1, 0.15) is 64.0 Å². The van der Waals surface area contributed by atoms with Gasteiger partial charge in [0.25, 0.3) is 0 Å². The lowest BCUT2D eigenvalue weighted by Gasteiger charge is -2.39. The monoisotopic (exact) mass is 459 g/mol. The molecule has 2 aliphatic rings. The molecule has 0 aromatic heterocycles. The molecular formula is C29H33NO4. The van der Waals surface area contributed by atoms with E-state index in [-0.39, 0.29) is 17.8 Å². The molecule has 4 rings (SSSR count). The van der Waals surface area contributed by atoms with Crippen molar-refractivity contribution in [1.29, 1.82) is 0 Å². The van der Waals surface area contributed by atoms with Crippen LogP contribution in [-0.2, 0) is 20.9 Å². The van der Waals surface area contributed by atoms with Crippen LogP contribution < -0.4 is 10.1 Å². The summed E-state index contributed by atoms with van der Waals surface area (Å²) in [4.78, 5) is 27.0. The molecule has 0 saturated heterocycles. The Balaban J connectivity index is 1.77. The van der Waals surface area contributed by atoms with E-state index in [1.54, 1.807) is 0 Å². The van der Waals surface area contributed by atoms with Gasteiger partial charge in [-0.2, -0.15) is 0 Å². The first-order valence-corrected chi connectivity index (χ1v) is 12.0. The average molecular weight is 460 g/mol. The van der Waals surface area contributed by atoms with Crippen LogP contribution in [0.3, 0.4) is 0 Å². The van der Waals surface area contributed by atoms with E-state index in [0.717, 1.165) is 35.4 Å². The summed E-state index contributed by atoms with van der Waals surface area (Å²) in [6.45, 7) is 8.88. The molecule has 1 aliphatic carbocycles. The van der Waals surface area contributed by atoms with Crippen molar-refractivity contribution in [2.24, 2.45) is 5.41 Å². The van der Waals surface area contributed by atoms with E-state index in [9.17, 15) is 9.59 Å². The Labute approximate surface area is 201 Å². The lowest BCUT2D eigenvalue weighted by atomic mass is 9.68. The highest BCUT2D eigenvalue weighted by atomic mass is 16.5. The van der Waals surface area contributed by atoms with Crippen LogP contribution in [0, 0.1) is 5.41 Å². The van der Waals surface area contributed by atoms with Gasteiger partial charge in [0.15, 0.2) is 5.78 Å². The predicted octanol–water partition coefficient (Wildman–Crippen LogP) is 5.82. The number of nitrogens with one attached hydrogen (secondary N) is 1. The standard InChI is InChI=1S/C29H33NO4/c1-5-15-33-24-14-10-9-13-21(24)26-25(28(32)34-18-20-11-7-6-8-12-20)19(2)30-22-16-29(3,4)17-23(31)27(22)26/h6-14,26,30H,5,15-18H2,1-4H3/t26-/m1/s1. The Morgan fingerprint density at radius 2 is 1.76 bits per heavy atom. The molecule has 0 unspecified atom stereocenters. The number of ketones is 1. The van der Waals surface area contributed by atoms with Gasteiger partial charge >= 0.3 is 5.97 Å². The zero-order valence-corrected chi connectivity index (χ0v) is 20.4. The fourth-order valence-corrected chi connectivity index (χ4v) is 4.88. The van der Waals surface area contributed by atoms with Crippen molar-refractivity contribution < 1.29 is 19.1 Å². The summed E-state index contributed by atoms with van der Waals surface area (Å²) in [7, 11) is 0. The maximum atomic E-state index is 13.5. The molecule has 0 radical (unpaired) electrons. The van der Waals surface area contributed by atoms with Crippen molar-refractivity contribution in [2.45, 2.75) is 59.5 Å². The van der Waals surface area contributed by atoms with Crippen LogP contribution in [-0.4, -0.2) is 18.4 Å². The van der Waals surface area contributed by atoms with E-state index in [1.165, 1.54) is 0 Å². The first-order chi connectivity index (χ1) is 16.3. The number of benzene rings is 2. The van der Waals surface area contributed by atoms with E-state index >= 15 is 0 Å². The number of allylic oxidation sites excluding steroid dienone is 3. The van der Waals surface area contributed by atoms with Crippen molar-refractivity contribution in [1.82, 2.24) is 5.32 Å². The fourth-order valence-electron chi connectivity index (χ4n) is 4.88. The third-order valence-electron chi connectivity index (χ3n) is 6.36. The van der Waals surface area contributed by atoms with Gasteiger partial charge in [-0.1, -0.05) is 69.3 Å². The number of para-hydroxylation sites is 1. The minimum atomic E-state index is -0.531. The van der Waals surface area contributed by atoms with Gasteiger partial charge in [-0.05, 0) is 36.8 Å². The molecule has 178 valence electrons. The second kappa shape index (κ2) is 9.88. The summed E-state index contributed by atoms with van der Waals surface area (Å²) in [5.74, 6) is -0.193. The maximum Gasteiger partial charge on any atom is 0.337 e. The molecule has 0 saturated carbocycles. The lowest BCUT2D eigenvalue weighted by molar-refractivity contribution is -0.140. The van der Waals surface area contributed by atoms with Crippen LogP contribution in [0.15, 0.2) is 77.1 Å². The number of dihydropyridines is 1. The normalized spacial score (nSPS) is 19.4. The number of hydrogen-bond donors (Lipinski definition) is 1. The summed E-state index contributed by atoms with van der Waals surface area (Å²) >= 11 is 0. The largest absolute Gasteiger partial charge is 0.493 e. The second-order valence-electron chi connectivity index (χ2n) is 9.88. The Bertz CT molecular complexity index is 1140. The van der Waals surface area contributed by atoms with Crippen LogP contribution in [0.5, 0.6) is 5.75 Å². The van der Waals surface area contributed by atoms with Gasteiger partial charge in [-0.25, -0.2) is 4.79 Å². The Kier molecular flexibility index (Phi) is 6.92. The Hall–Kier alpha value is -3.34. The minimum absolute atomic E-state index is 0.0647. The summed E-state index contributed by atoms with van der Waals surface area (Å²) in [5, 5.41) is 3.39. The minimum Gasteiger partial charge on any atom is -0.493 e. The molecule has 5 heteroatoms. The molecule has 0 bridgehead atoms. The number of carbonyl (C=O) groups excluding carboxylic acids is 2. The molecule has 1 N–H and O–H groups in total. The summed E-state index contributed by atoms with van der Waals surface area (Å²) in [6.07, 6.45) is 2.04. The SMILES string of the molecule is CCCOc1ccccc1[C@@H]1C(C(=O)OCc2ccccc2)=C(C)NC2=C1C(=O)CC(C)(C)C2. The van der Waals surface area contributed by atoms with Gasteiger partial charge in [0.1, 0.15) is 12.4 Å². The first kappa shape index (κ1) is 23.8. The number of Topliss-reactive ketones (excluding diaryl/α,β-unsaturated/α-hetero) is 1. The van der Waals surface area contributed by atoms with Crippen LogP contribution in [0.25, 0.3) is 0 Å². The highest BCUT2D eigenvalue weighted by Crippen LogP contribution is 2.48. The molecule has 1 atom stereocenters. The summed E-state index contributed by atoms with van der Waals surface area (Å²) in [5.41, 5.74) is 4.34. The number of carbonyl (C=O) groups is 2. The topological polar surface area (TPSA) is 64.6 Å². The third-order valence-corrected chi connectivity index (χ3v) is 6.36. The van der Waals surface area contributed by atoms with E-state index in [4.69, 9.17) is 9.47 Å². The van der Waals surface area contributed by atoms with Gasteiger partial charge in [-0.3, -0.25) is 4.79 Å². The molecule has 2 aromatic rings. The first-order valence-electron chi connectivity index (χ1n) is 12.0. The molecule has 0 fully saturated rings. The molecule has 5 nitrogen and oxygen atoms in total. The van der Waals surface area contributed by atoms with Crippen LogP contribution >= 0.6 is 0 Å². The number of rotatable bonds is 7. The quantitative estimate of drug-likeness (QED) is 0.528. The highest BCUT2D eigenvalue weighted by molar-refractivity contribution is 6.04. The Morgan fingerprint density at radius 3 is 2.50 bits per heavy atom. The van der Waals surface area contributed by atoms with Crippen LogP contribution in [0.2, 0.25) is 0 Å². The summed E-state index contributed by atoms with van der Waals surface area (Å²) < 4.78 is 11.8. The third kappa shape index (κ3) is 4.93. The zero-order valence-electron chi connectivity index (χ0n) is 20.4. The Morgan fingerprint density at radius 1 is 1.06 bits per heavy atom. The zero-order chi connectivity index (χ0) is 24.3. The van der Waals surface area contributed by atoms with Gasteiger partial charge in [-0.15, -0.1) is 0 Å².